The van der Waals surface area contributed by atoms with Gasteiger partial charge in [-0.2, -0.15) is 0 Å². The molecule has 0 aliphatic carbocycles. The largest absolute Gasteiger partial charge is 0.327 e. The molecule has 1 saturated heterocycles. The van der Waals surface area contributed by atoms with E-state index in [2.05, 4.69) is 37.7 Å². The smallest absolute Gasteiger partial charge is 0.00740 e. The lowest BCUT2D eigenvalue weighted by molar-refractivity contribution is 0.257. The standard InChI is InChI=1S/C13H29N3/c1-11(2)13(14)6-8-16(4)10-12-5-7-15(3)9-12/h11-13H,5-10,14H2,1-4H3. The van der Waals surface area contributed by atoms with E-state index in [9.17, 15) is 0 Å². The molecule has 1 fully saturated rings. The van der Waals surface area contributed by atoms with Gasteiger partial charge in [0, 0.05) is 19.1 Å². The van der Waals surface area contributed by atoms with Gasteiger partial charge in [-0.3, -0.25) is 0 Å². The number of likely N-dealkylation sites (tertiary alicyclic amines) is 1. The van der Waals surface area contributed by atoms with Crippen LogP contribution in [0.15, 0.2) is 0 Å². The first-order valence-electron chi connectivity index (χ1n) is 6.61. The highest BCUT2D eigenvalue weighted by Crippen LogP contribution is 2.15. The predicted octanol–water partition coefficient (Wildman–Crippen LogP) is 1.24. The fourth-order valence-electron chi connectivity index (χ4n) is 2.41. The second-order valence-electron chi connectivity index (χ2n) is 5.88. The van der Waals surface area contributed by atoms with E-state index in [0.717, 1.165) is 18.9 Å². The topological polar surface area (TPSA) is 32.5 Å². The average Bonchev–Trinajstić information content (AvgIpc) is 2.60. The molecule has 1 rings (SSSR count). The normalized spacial score (nSPS) is 24.6. The van der Waals surface area contributed by atoms with E-state index >= 15 is 0 Å². The van der Waals surface area contributed by atoms with Crippen LogP contribution in [0.2, 0.25) is 0 Å². The third kappa shape index (κ3) is 4.81. The Morgan fingerprint density at radius 3 is 2.62 bits per heavy atom. The van der Waals surface area contributed by atoms with Crippen molar-refractivity contribution in [1.82, 2.24) is 9.80 Å². The molecule has 96 valence electrons. The first kappa shape index (κ1) is 13.9. The van der Waals surface area contributed by atoms with Crippen LogP contribution >= 0.6 is 0 Å². The van der Waals surface area contributed by atoms with Gasteiger partial charge in [0.25, 0.3) is 0 Å². The molecule has 0 amide bonds. The summed E-state index contributed by atoms with van der Waals surface area (Å²) in [5, 5.41) is 0. The molecule has 0 saturated carbocycles. The number of rotatable bonds is 6. The number of nitrogens with zero attached hydrogens (tertiary/aromatic N) is 2. The number of hydrogen-bond acceptors (Lipinski definition) is 3. The minimum absolute atomic E-state index is 0.355. The van der Waals surface area contributed by atoms with Gasteiger partial charge in [0.05, 0.1) is 0 Å². The summed E-state index contributed by atoms with van der Waals surface area (Å²) in [7, 11) is 4.44. The fourth-order valence-corrected chi connectivity index (χ4v) is 2.41. The van der Waals surface area contributed by atoms with Gasteiger partial charge >= 0.3 is 0 Å². The van der Waals surface area contributed by atoms with Crippen molar-refractivity contribution in [3.8, 4) is 0 Å². The summed E-state index contributed by atoms with van der Waals surface area (Å²) in [5.41, 5.74) is 6.06. The Morgan fingerprint density at radius 1 is 1.44 bits per heavy atom. The maximum absolute atomic E-state index is 6.06. The number of nitrogens with two attached hydrogens (primary N) is 1. The summed E-state index contributed by atoms with van der Waals surface area (Å²) >= 11 is 0. The molecule has 0 spiro atoms. The molecule has 2 N–H and O–H groups in total. The van der Waals surface area contributed by atoms with Gasteiger partial charge in [0.2, 0.25) is 0 Å². The molecule has 2 unspecified atom stereocenters. The van der Waals surface area contributed by atoms with Crippen LogP contribution in [0.1, 0.15) is 26.7 Å². The van der Waals surface area contributed by atoms with Crippen molar-refractivity contribution in [3.05, 3.63) is 0 Å². The average molecular weight is 227 g/mol. The fraction of sp³-hybridized carbons (Fsp3) is 1.00. The molecule has 3 heteroatoms. The first-order chi connectivity index (χ1) is 7.49. The molecule has 1 aliphatic rings. The maximum Gasteiger partial charge on any atom is 0.00740 e. The van der Waals surface area contributed by atoms with Gasteiger partial charge in [-0.1, -0.05) is 13.8 Å². The second-order valence-corrected chi connectivity index (χ2v) is 5.88. The zero-order chi connectivity index (χ0) is 12.1. The predicted molar refractivity (Wildman–Crippen MR) is 70.5 cm³/mol. The Bertz CT molecular complexity index is 194. The molecule has 0 radical (unpaired) electrons. The quantitative estimate of drug-likeness (QED) is 0.741. The Morgan fingerprint density at radius 2 is 2.12 bits per heavy atom. The summed E-state index contributed by atoms with van der Waals surface area (Å²) in [5.74, 6) is 1.47. The molecular formula is C13H29N3. The molecule has 0 aromatic rings. The molecule has 16 heavy (non-hydrogen) atoms. The Balaban J connectivity index is 2.13. The van der Waals surface area contributed by atoms with E-state index in [1.54, 1.807) is 0 Å². The van der Waals surface area contributed by atoms with E-state index in [1.807, 2.05) is 0 Å². The van der Waals surface area contributed by atoms with E-state index in [0.29, 0.717) is 12.0 Å². The number of hydrogen-bond donors (Lipinski definition) is 1. The van der Waals surface area contributed by atoms with E-state index < -0.39 is 0 Å². The summed E-state index contributed by atoms with van der Waals surface area (Å²) in [6, 6.07) is 0.355. The molecule has 1 heterocycles. The molecular weight excluding hydrogens is 198 g/mol. The van der Waals surface area contributed by atoms with Gasteiger partial charge in [-0.25, -0.2) is 0 Å². The van der Waals surface area contributed by atoms with Crippen LogP contribution in [0, 0.1) is 11.8 Å². The van der Waals surface area contributed by atoms with Crippen molar-refractivity contribution in [1.29, 1.82) is 0 Å². The zero-order valence-corrected chi connectivity index (χ0v) is 11.4. The third-order valence-electron chi connectivity index (χ3n) is 3.76. The molecule has 1 aliphatic heterocycles. The monoisotopic (exact) mass is 227 g/mol. The zero-order valence-electron chi connectivity index (χ0n) is 11.4. The van der Waals surface area contributed by atoms with Crippen molar-refractivity contribution in [2.45, 2.75) is 32.7 Å². The lowest BCUT2D eigenvalue weighted by atomic mass is 10.0. The third-order valence-corrected chi connectivity index (χ3v) is 3.76. The summed E-state index contributed by atoms with van der Waals surface area (Å²) in [4.78, 5) is 4.88. The van der Waals surface area contributed by atoms with Gasteiger partial charge in [-0.15, -0.1) is 0 Å². The van der Waals surface area contributed by atoms with Crippen LogP contribution in [-0.2, 0) is 0 Å². The van der Waals surface area contributed by atoms with Crippen LogP contribution in [0.3, 0.4) is 0 Å². The van der Waals surface area contributed by atoms with Crippen molar-refractivity contribution in [2.24, 2.45) is 17.6 Å². The summed E-state index contributed by atoms with van der Waals surface area (Å²) in [6.45, 7) is 9.31. The van der Waals surface area contributed by atoms with Crippen LogP contribution in [0.4, 0.5) is 0 Å². The van der Waals surface area contributed by atoms with Crippen molar-refractivity contribution in [3.63, 3.8) is 0 Å². The van der Waals surface area contributed by atoms with Gasteiger partial charge < -0.3 is 15.5 Å². The highest BCUT2D eigenvalue weighted by molar-refractivity contribution is 4.76. The first-order valence-corrected chi connectivity index (χ1v) is 6.61. The summed E-state index contributed by atoms with van der Waals surface area (Å²) in [6.07, 6.45) is 2.48. The van der Waals surface area contributed by atoms with Crippen molar-refractivity contribution >= 4 is 0 Å². The Kier molecular flexibility index (Phi) is 5.73. The highest BCUT2D eigenvalue weighted by Gasteiger charge is 2.20. The SMILES string of the molecule is CC(C)C(N)CCN(C)CC1CCN(C)C1. The minimum Gasteiger partial charge on any atom is -0.327 e. The molecule has 0 aromatic carbocycles. The summed E-state index contributed by atoms with van der Waals surface area (Å²) < 4.78 is 0. The van der Waals surface area contributed by atoms with Crippen LogP contribution in [-0.4, -0.2) is 56.1 Å². The minimum atomic E-state index is 0.355. The molecule has 2 atom stereocenters. The van der Waals surface area contributed by atoms with Crippen LogP contribution < -0.4 is 5.73 Å². The van der Waals surface area contributed by atoms with E-state index in [-0.39, 0.29) is 0 Å². The van der Waals surface area contributed by atoms with Crippen LogP contribution in [0.5, 0.6) is 0 Å². The molecule has 0 aromatic heterocycles. The van der Waals surface area contributed by atoms with E-state index in [4.69, 9.17) is 5.73 Å². The highest BCUT2D eigenvalue weighted by atomic mass is 15.1. The Hall–Kier alpha value is -0.120. The van der Waals surface area contributed by atoms with Crippen molar-refractivity contribution in [2.75, 3.05) is 40.3 Å². The molecule has 3 nitrogen and oxygen atoms in total. The maximum atomic E-state index is 6.06. The van der Waals surface area contributed by atoms with Gasteiger partial charge in [-0.05, 0) is 51.9 Å². The Labute approximate surface area is 101 Å². The lowest BCUT2D eigenvalue weighted by Gasteiger charge is -2.23. The molecule has 0 bridgehead atoms. The van der Waals surface area contributed by atoms with Crippen molar-refractivity contribution < 1.29 is 0 Å². The van der Waals surface area contributed by atoms with E-state index in [1.165, 1.54) is 26.1 Å². The van der Waals surface area contributed by atoms with Gasteiger partial charge in [0.15, 0.2) is 0 Å². The lowest BCUT2D eigenvalue weighted by Crippen LogP contribution is -2.34. The second kappa shape index (κ2) is 6.58. The van der Waals surface area contributed by atoms with Gasteiger partial charge in [0.1, 0.15) is 0 Å². The van der Waals surface area contributed by atoms with Crippen LogP contribution in [0.25, 0.3) is 0 Å².